The fourth-order valence-electron chi connectivity index (χ4n) is 3.46. The van der Waals surface area contributed by atoms with Gasteiger partial charge in [0.05, 0.1) is 0 Å². The third-order valence-corrected chi connectivity index (χ3v) is 8.18. The first-order valence-electron chi connectivity index (χ1n) is 11.0. The maximum Gasteiger partial charge on any atom is 0.0485 e. The van der Waals surface area contributed by atoms with Crippen molar-refractivity contribution < 1.29 is 0 Å². The molecule has 0 atom stereocenters. The van der Waals surface area contributed by atoms with E-state index < -0.39 is 0 Å². The molecule has 0 N–H and O–H groups in total. The van der Waals surface area contributed by atoms with E-state index in [0.29, 0.717) is 0 Å². The van der Waals surface area contributed by atoms with Crippen molar-refractivity contribution in [3.8, 4) is 20.9 Å². The van der Waals surface area contributed by atoms with Crippen molar-refractivity contribution in [3.05, 3.63) is 64.6 Å². The van der Waals surface area contributed by atoms with Crippen molar-refractivity contribution in [1.82, 2.24) is 0 Å². The number of hydrogen-bond donors (Lipinski definition) is 0. The molecule has 1 aromatic heterocycles. The summed E-state index contributed by atoms with van der Waals surface area (Å²) in [5.74, 6) is 1.17. The second-order valence-corrected chi connectivity index (χ2v) is 10.7. The summed E-state index contributed by atoms with van der Waals surface area (Å²) >= 11 is 16.0. The molecule has 3 aromatic rings. The third kappa shape index (κ3) is 7.34. The fourth-order valence-corrected chi connectivity index (χ4v) is 6.17. The third-order valence-electron chi connectivity index (χ3n) is 5.19. The van der Waals surface area contributed by atoms with E-state index in [4.69, 9.17) is 23.2 Å². The maximum absolute atomic E-state index is 6.11. The Hall–Kier alpha value is -0.930. The highest BCUT2D eigenvalue weighted by molar-refractivity contribution is 7.99. The Morgan fingerprint density at radius 2 is 1.23 bits per heavy atom. The highest BCUT2D eigenvalue weighted by Gasteiger charge is 2.13. The molecule has 0 aliphatic rings. The van der Waals surface area contributed by atoms with Crippen molar-refractivity contribution >= 4 is 46.3 Å². The molecule has 0 radical (unpaired) electrons. The first-order valence-corrected chi connectivity index (χ1v) is 13.5. The lowest BCUT2D eigenvalue weighted by Crippen LogP contribution is -1.84. The Balaban J connectivity index is 1.63. The normalized spacial score (nSPS) is 11.2. The molecule has 30 heavy (non-hydrogen) atoms. The number of thioether (sulfide) groups is 1. The van der Waals surface area contributed by atoms with Gasteiger partial charge in [0.25, 0.3) is 0 Å². The number of benzene rings is 2. The lowest BCUT2D eigenvalue weighted by atomic mass is 10.1. The molecule has 0 saturated carbocycles. The van der Waals surface area contributed by atoms with E-state index in [1.165, 1.54) is 82.9 Å². The molecule has 4 heteroatoms. The molecule has 0 aliphatic carbocycles. The van der Waals surface area contributed by atoms with Crippen LogP contribution in [-0.4, -0.2) is 5.75 Å². The summed E-state index contributed by atoms with van der Waals surface area (Å²) in [6.45, 7) is 2.28. The van der Waals surface area contributed by atoms with Gasteiger partial charge in [-0.3, -0.25) is 0 Å². The van der Waals surface area contributed by atoms with Gasteiger partial charge < -0.3 is 0 Å². The van der Waals surface area contributed by atoms with Crippen molar-refractivity contribution in [2.75, 3.05) is 5.75 Å². The Morgan fingerprint density at radius 1 is 0.700 bits per heavy atom. The molecule has 0 saturated heterocycles. The van der Waals surface area contributed by atoms with E-state index in [1.54, 1.807) is 0 Å². The molecule has 1 heterocycles. The average molecular weight is 478 g/mol. The van der Waals surface area contributed by atoms with Gasteiger partial charge in [0.1, 0.15) is 0 Å². The van der Waals surface area contributed by atoms with Crippen LogP contribution in [0.4, 0.5) is 0 Å². The summed E-state index contributed by atoms with van der Waals surface area (Å²) in [7, 11) is 0. The van der Waals surface area contributed by atoms with E-state index in [9.17, 15) is 0 Å². The van der Waals surface area contributed by atoms with Gasteiger partial charge >= 0.3 is 0 Å². The predicted octanol–water partition coefficient (Wildman–Crippen LogP) is 10.6. The molecule has 2 aromatic carbocycles. The maximum atomic E-state index is 6.11. The molecular weight excluding hydrogens is 447 g/mol. The number of thiophene rings is 1. The van der Waals surface area contributed by atoms with Crippen LogP contribution in [0.5, 0.6) is 0 Å². The molecule has 0 nitrogen and oxygen atoms in total. The number of halogens is 2. The molecule has 0 fully saturated rings. The number of unbranched alkanes of at least 4 members (excludes halogenated alkanes) is 7. The second-order valence-electron chi connectivity index (χ2n) is 7.64. The predicted molar refractivity (Wildman–Crippen MR) is 139 cm³/mol. The van der Waals surface area contributed by atoms with Crippen LogP contribution in [0.3, 0.4) is 0 Å². The minimum Gasteiger partial charge on any atom is -0.134 e. The van der Waals surface area contributed by atoms with Gasteiger partial charge in [-0.05, 0) is 53.6 Å². The SMILES string of the molecule is CCCCCCCCCCSc1cc(-c2ccc(Cl)cc2)sc1-c1ccc(Cl)cc1. The Morgan fingerprint density at radius 3 is 1.83 bits per heavy atom. The standard InChI is InChI=1S/C26H30Cl2S2/c1-2-3-4-5-6-7-8-9-18-29-25-19-24(20-10-14-22(27)15-11-20)30-26(25)21-12-16-23(28)17-13-21/h10-17,19H,2-9,18H2,1H3. The monoisotopic (exact) mass is 476 g/mol. The van der Waals surface area contributed by atoms with Crippen LogP contribution < -0.4 is 0 Å². The topological polar surface area (TPSA) is 0 Å². The molecule has 160 valence electrons. The first-order chi connectivity index (χ1) is 14.7. The van der Waals surface area contributed by atoms with Crippen LogP contribution in [0.25, 0.3) is 20.9 Å². The van der Waals surface area contributed by atoms with Crippen molar-refractivity contribution in [2.24, 2.45) is 0 Å². The zero-order valence-corrected chi connectivity index (χ0v) is 20.8. The van der Waals surface area contributed by atoms with Gasteiger partial charge in [-0.2, -0.15) is 0 Å². The van der Waals surface area contributed by atoms with E-state index in [1.807, 2.05) is 47.4 Å². The zero-order chi connectivity index (χ0) is 21.2. The van der Waals surface area contributed by atoms with E-state index in [2.05, 4.69) is 37.3 Å². The summed E-state index contributed by atoms with van der Waals surface area (Å²) in [6, 6.07) is 18.7. The Bertz CT molecular complexity index is 882. The van der Waals surface area contributed by atoms with Gasteiger partial charge in [-0.25, -0.2) is 0 Å². The summed E-state index contributed by atoms with van der Waals surface area (Å²) in [5, 5.41) is 1.55. The second kappa shape index (κ2) is 12.8. The van der Waals surface area contributed by atoms with Crippen LogP contribution in [0, 0.1) is 0 Å². The highest BCUT2D eigenvalue weighted by Crippen LogP contribution is 2.43. The molecule has 0 unspecified atom stereocenters. The van der Waals surface area contributed by atoms with Gasteiger partial charge in [0.2, 0.25) is 0 Å². The molecule has 3 rings (SSSR count). The summed E-state index contributed by atoms with van der Waals surface area (Å²) in [5.41, 5.74) is 2.46. The summed E-state index contributed by atoms with van der Waals surface area (Å²) in [4.78, 5) is 3.99. The van der Waals surface area contributed by atoms with Crippen LogP contribution in [0.1, 0.15) is 58.3 Å². The number of hydrogen-bond acceptors (Lipinski definition) is 2. The highest BCUT2D eigenvalue weighted by atomic mass is 35.5. The lowest BCUT2D eigenvalue weighted by Gasteiger charge is -2.05. The minimum atomic E-state index is 0.775. The van der Waals surface area contributed by atoms with Gasteiger partial charge in [-0.1, -0.05) is 99.3 Å². The fraction of sp³-hybridized carbons (Fsp3) is 0.385. The zero-order valence-electron chi connectivity index (χ0n) is 17.6. The van der Waals surface area contributed by atoms with Crippen molar-refractivity contribution in [1.29, 1.82) is 0 Å². The van der Waals surface area contributed by atoms with Crippen LogP contribution in [0.15, 0.2) is 59.5 Å². The molecular formula is C26H30Cl2S2. The van der Waals surface area contributed by atoms with E-state index in [-0.39, 0.29) is 0 Å². The first kappa shape index (κ1) is 23.7. The summed E-state index contributed by atoms with van der Waals surface area (Å²) in [6.07, 6.45) is 10.9. The minimum absolute atomic E-state index is 0.775. The van der Waals surface area contributed by atoms with Crippen LogP contribution >= 0.6 is 46.3 Å². The smallest absolute Gasteiger partial charge is 0.0485 e. The lowest BCUT2D eigenvalue weighted by molar-refractivity contribution is 0.586. The van der Waals surface area contributed by atoms with Crippen molar-refractivity contribution in [2.45, 2.75) is 63.2 Å². The molecule has 0 bridgehead atoms. The van der Waals surface area contributed by atoms with Gasteiger partial charge in [0, 0.05) is 24.7 Å². The largest absolute Gasteiger partial charge is 0.134 e. The quantitative estimate of drug-likeness (QED) is 0.185. The van der Waals surface area contributed by atoms with Crippen LogP contribution in [-0.2, 0) is 0 Å². The number of rotatable bonds is 12. The Kier molecular flexibility index (Phi) is 10.1. The Labute approximate surface area is 200 Å². The molecule has 0 spiro atoms. The molecule has 0 amide bonds. The van der Waals surface area contributed by atoms with E-state index >= 15 is 0 Å². The molecule has 0 aliphatic heterocycles. The van der Waals surface area contributed by atoms with Crippen LogP contribution in [0.2, 0.25) is 10.0 Å². The van der Waals surface area contributed by atoms with E-state index in [0.717, 1.165) is 10.0 Å². The van der Waals surface area contributed by atoms with Gasteiger partial charge in [0.15, 0.2) is 0 Å². The van der Waals surface area contributed by atoms with Crippen molar-refractivity contribution in [3.63, 3.8) is 0 Å². The van der Waals surface area contributed by atoms with Gasteiger partial charge in [-0.15, -0.1) is 23.1 Å². The summed E-state index contributed by atoms with van der Waals surface area (Å²) < 4.78 is 0. The average Bonchev–Trinajstić information content (AvgIpc) is 3.18.